The Hall–Kier alpha value is -3.14. The van der Waals surface area contributed by atoms with Crippen LogP contribution >= 0.6 is 0 Å². The summed E-state index contributed by atoms with van der Waals surface area (Å²) in [5.74, 6) is 1.70. The first-order valence-electron chi connectivity index (χ1n) is 18.3. The molecule has 4 nitrogen and oxygen atoms in total. The summed E-state index contributed by atoms with van der Waals surface area (Å²) < 4.78 is 17.6. The highest BCUT2D eigenvalue weighted by Gasteiger charge is 2.44. The Labute approximate surface area is 271 Å². The number of fused-ring (bicyclic) bond motifs is 1. The van der Waals surface area contributed by atoms with E-state index in [-0.39, 0.29) is 5.41 Å². The molecular formula is C41H55NO3. The summed E-state index contributed by atoms with van der Waals surface area (Å²) >= 11 is 0. The fraction of sp³-hybridized carbons (Fsp3) is 0.561. The highest BCUT2D eigenvalue weighted by molar-refractivity contribution is 5.50. The van der Waals surface area contributed by atoms with Crippen LogP contribution in [0, 0.1) is 0 Å². The number of benzene rings is 1. The molecule has 2 aromatic heterocycles. The minimum absolute atomic E-state index is 0.0130. The second-order valence-electron chi connectivity index (χ2n) is 13.8. The molecule has 3 aromatic rings. The molecular weight excluding hydrogens is 554 g/mol. The van der Waals surface area contributed by atoms with E-state index in [1.807, 2.05) is 25.1 Å². The molecule has 1 fully saturated rings. The molecule has 1 aromatic carbocycles. The standard InChI is InChI=1S/C41H55NO3/c1-2-3-4-13-25-41(33-23-29-43-31-33,34-24-30-44-32-34)26-14-10-8-6-5-7-9-11-16-28-45-39-20-17-18-35-38-22-21-36(40(35)39)37-19-12-15-27-42(37)38/h12,15,17-20,23-24,27,29-32,36-38H,2-11,13-14,16,21-22,25-26,28H2,1H3. The van der Waals surface area contributed by atoms with E-state index >= 15 is 0 Å². The number of hydrogen-bond donors (Lipinski definition) is 0. The summed E-state index contributed by atoms with van der Waals surface area (Å²) in [6, 6.07) is 12.1. The van der Waals surface area contributed by atoms with Gasteiger partial charge in [-0.2, -0.15) is 0 Å². The zero-order chi connectivity index (χ0) is 30.7. The molecule has 45 heavy (non-hydrogen) atoms. The van der Waals surface area contributed by atoms with Crippen LogP contribution in [0.1, 0.15) is 150 Å². The van der Waals surface area contributed by atoms with Crippen molar-refractivity contribution in [3.63, 3.8) is 0 Å². The van der Waals surface area contributed by atoms with Crippen molar-refractivity contribution >= 4 is 0 Å². The van der Waals surface area contributed by atoms with Crippen LogP contribution in [-0.2, 0) is 5.41 Å². The van der Waals surface area contributed by atoms with E-state index in [4.69, 9.17) is 13.6 Å². The summed E-state index contributed by atoms with van der Waals surface area (Å²) in [5.41, 5.74) is 5.64. The van der Waals surface area contributed by atoms with Crippen LogP contribution in [0.5, 0.6) is 5.75 Å². The molecule has 242 valence electrons. The van der Waals surface area contributed by atoms with E-state index < -0.39 is 0 Å². The number of unbranched alkanes of at least 4 members (excludes halogenated alkanes) is 11. The number of rotatable bonds is 20. The van der Waals surface area contributed by atoms with Crippen molar-refractivity contribution in [1.29, 1.82) is 0 Å². The van der Waals surface area contributed by atoms with Gasteiger partial charge in [0.2, 0.25) is 0 Å². The number of ether oxygens (including phenoxy) is 1. The molecule has 7 rings (SSSR count). The van der Waals surface area contributed by atoms with E-state index in [1.54, 1.807) is 0 Å². The topological polar surface area (TPSA) is 38.8 Å². The zero-order valence-electron chi connectivity index (χ0n) is 27.6. The van der Waals surface area contributed by atoms with Gasteiger partial charge in [-0.1, -0.05) is 108 Å². The Bertz CT molecular complexity index is 1300. The molecule has 3 atom stereocenters. The van der Waals surface area contributed by atoms with E-state index in [9.17, 15) is 0 Å². The molecule has 1 aliphatic carbocycles. The fourth-order valence-corrected chi connectivity index (χ4v) is 8.59. The van der Waals surface area contributed by atoms with Gasteiger partial charge < -0.3 is 18.5 Å². The van der Waals surface area contributed by atoms with Crippen LogP contribution in [0.2, 0.25) is 0 Å². The summed E-state index contributed by atoms with van der Waals surface area (Å²) in [5, 5.41) is 0. The maximum absolute atomic E-state index is 6.45. The summed E-state index contributed by atoms with van der Waals surface area (Å²) in [6.45, 7) is 3.12. The zero-order valence-corrected chi connectivity index (χ0v) is 27.6. The van der Waals surface area contributed by atoms with Gasteiger partial charge in [-0.15, -0.1) is 0 Å². The lowest BCUT2D eigenvalue weighted by Crippen LogP contribution is -2.47. The predicted octanol–water partition coefficient (Wildman–Crippen LogP) is 11.8. The Balaban J connectivity index is 0.875. The Kier molecular flexibility index (Phi) is 11.3. The first-order chi connectivity index (χ1) is 22.3. The maximum atomic E-state index is 6.45. The summed E-state index contributed by atoms with van der Waals surface area (Å²) in [7, 11) is 0. The Morgan fingerprint density at radius 2 is 1.42 bits per heavy atom. The van der Waals surface area contributed by atoms with Crippen LogP contribution in [0.3, 0.4) is 0 Å². The van der Waals surface area contributed by atoms with Gasteiger partial charge in [0.15, 0.2) is 0 Å². The van der Waals surface area contributed by atoms with Gasteiger partial charge in [-0.05, 0) is 61.9 Å². The van der Waals surface area contributed by atoms with E-state index in [1.165, 1.54) is 112 Å². The SMILES string of the molecule is CCCCCCC(CCCCCCCCCCCOc1cccc2c1C1CCC2N2C=CC=CC12)(c1ccoc1)c1ccoc1. The minimum Gasteiger partial charge on any atom is -0.493 e. The monoisotopic (exact) mass is 609 g/mol. The second-order valence-corrected chi connectivity index (χ2v) is 13.8. The van der Waals surface area contributed by atoms with Crippen LogP contribution in [0.4, 0.5) is 0 Å². The lowest BCUT2D eigenvalue weighted by atomic mass is 9.69. The van der Waals surface area contributed by atoms with Crippen molar-refractivity contribution in [2.75, 3.05) is 6.61 Å². The van der Waals surface area contributed by atoms with Crippen molar-refractivity contribution in [3.05, 3.63) is 102 Å². The molecule has 5 heterocycles. The molecule has 4 aliphatic rings. The molecule has 0 N–H and O–H groups in total. The van der Waals surface area contributed by atoms with Crippen LogP contribution in [0.15, 0.2) is 88.6 Å². The van der Waals surface area contributed by atoms with Crippen molar-refractivity contribution in [3.8, 4) is 5.75 Å². The van der Waals surface area contributed by atoms with Gasteiger partial charge in [0.25, 0.3) is 0 Å². The van der Waals surface area contributed by atoms with Gasteiger partial charge >= 0.3 is 0 Å². The number of furan rings is 2. The normalized spacial score (nSPS) is 20.0. The van der Waals surface area contributed by atoms with E-state index in [0.717, 1.165) is 31.6 Å². The largest absolute Gasteiger partial charge is 0.493 e. The molecule has 0 spiro atoms. The average Bonchev–Trinajstić information content (AvgIpc) is 3.83. The smallest absolute Gasteiger partial charge is 0.123 e. The van der Waals surface area contributed by atoms with Gasteiger partial charge in [0.1, 0.15) is 5.75 Å². The summed E-state index contributed by atoms with van der Waals surface area (Å²) in [4.78, 5) is 2.58. The Morgan fingerprint density at radius 3 is 2.09 bits per heavy atom. The maximum Gasteiger partial charge on any atom is 0.123 e. The average molecular weight is 610 g/mol. The molecule has 1 saturated heterocycles. The van der Waals surface area contributed by atoms with Crippen molar-refractivity contribution in [2.24, 2.45) is 0 Å². The molecule has 2 bridgehead atoms. The van der Waals surface area contributed by atoms with Gasteiger partial charge in [0.05, 0.1) is 43.7 Å². The van der Waals surface area contributed by atoms with Crippen molar-refractivity contribution < 1.29 is 13.6 Å². The number of nitrogens with zero attached hydrogens (tertiary/aromatic N) is 1. The van der Waals surface area contributed by atoms with Crippen LogP contribution < -0.4 is 4.74 Å². The minimum atomic E-state index is 0.0130. The quantitative estimate of drug-likeness (QED) is 0.119. The first kappa shape index (κ1) is 31.8. The van der Waals surface area contributed by atoms with Crippen molar-refractivity contribution in [2.45, 2.75) is 139 Å². The molecule has 3 unspecified atom stereocenters. The second kappa shape index (κ2) is 15.9. The lowest BCUT2D eigenvalue weighted by Gasteiger charge is -2.52. The fourth-order valence-electron chi connectivity index (χ4n) is 8.59. The Morgan fingerprint density at radius 1 is 0.756 bits per heavy atom. The molecule has 3 aliphatic heterocycles. The van der Waals surface area contributed by atoms with Gasteiger partial charge in [-0.3, -0.25) is 0 Å². The van der Waals surface area contributed by atoms with Gasteiger partial charge in [-0.25, -0.2) is 0 Å². The van der Waals surface area contributed by atoms with Crippen molar-refractivity contribution in [1.82, 2.24) is 4.90 Å². The first-order valence-corrected chi connectivity index (χ1v) is 18.3. The lowest BCUT2D eigenvalue weighted by molar-refractivity contribution is 0.120. The predicted molar refractivity (Wildman–Crippen MR) is 184 cm³/mol. The number of piperidine rings is 1. The van der Waals surface area contributed by atoms with E-state index in [2.05, 4.69) is 66.6 Å². The number of allylic oxidation sites excluding steroid dienone is 2. The van der Waals surface area contributed by atoms with Crippen LogP contribution in [-0.4, -0.2) is 17.5 Å². The molecule has 0 saturated carbocycles. The molecule has 0 radical (unpaired) electrons. The molecule has 0 amide bonds. The highest BCUT2D eigenvalue weighted by Crippen LogP contribution is 2.54. The third-order valence-corrected chi connectivity index (χ3v) is 11.0. The third-order valence-electron chi connectivity index (χ3n) is 11.0. The highest BCUT2D eigenvalue weighted by atomic mass is 16.5. The third kappa shape index (κ3) is 7.31. The number of hydrogen-bond acceptors (Lipinski definition) is 4. The van der Waals surface area contributed by atoms with E-state index in [0.29, 0.717) is 18.0 Å². The van der Waals surface area contributed by atoms with Gasteiger partial charge in [0, 0.05) is 34.2 Å². The van der Waals surface area contributed by atoms with Crippen LogP contribution in [0.25, 0.3) is 0 Å². The molecule has 4 heteroatoms. The summed E-state index contributed by atoms with van der Waals surface area (Å²) in [6.07, 6.45) is 38.3.